The van der Waals surface area contributed by atoms with E-state index in [9.17, 15) is 4.79 Å². The molecule has 0 bridgehead atoms. The zero-order valence-corrected chi connectivity index (χ0v) is 8.29. The second-order valence-electron chi connectivity index (χ2n) is 2.37. The quantitative estimate of drug-likeness (QED) is 0.520. The molecule has 0 atom stereocenters. The fraction of sp³-hybridized carbons (Fsp3) is 0.111. The molecule has 0 aromatic heterocycles. The van der Waals surface area contributed by atoms with Crippen LogP contribution in [0.3, 0.4) is 0 Å². The van der Waals surface area contributed by atoms with E-state index in [1.54, 1.807) is 12.1 Å². The molecule has 1 amide bonds. The molecular formula is C9H7NOSe. The molecule has 0 unspecified atom stereocenters. The zero-order chi connectivity index (χ0) is 8.97. The maximum absolute atomic E-state index is 11.1. The molecule has 2 nitrogen and oxygen atoms in total. The summed E-state index contributed by atoms with van der Waals surface area (Å²) in [6, 6.07) is 7.25. The summed E-state index contributed by atoms with van der Waals surface area (Å²) in [5.74, 6) is -0.270. The first-order valence-corrected chi connectivity index (χ1v) is 4.28. The maximum atomic E-state index is 11.1. The van der Waals surface area contributed by atoms with Gasteiger partial charge < -0.3 is 0 Å². The average molecular weight is 224 g/mol. The summed E-state index contributed by atoms with van der Waals surface area (Å²) in [5.41, 5.74) is 1.71. The Labute approximate surface area is 78.7 Å². The van der Waals surface area contributed by atoms with Gasteiger partial charge in [-0.25, -0.2) is 0 Å². The molecule has 0 N–H and O–H groups in total. The van der Waals surface area contributed by atoms with E-state index in [1.165, 1.54) is 0 Å². The topological polar surface area (TPSA) is 29.4 Å². The van der Waals surface area contributed by atoms with Crippen LogP contribution in [-0.4, -0.2) is 26.2 Å². The molecule has 0 aliphatic carbocycles. The Kier molecular flexibility index (Phi) is 3.12. The summed E-state index contributed by atoms with van der Waals surface area (Å²) in [4.78, 5) is 14.6. The van der Waals surface area contributed by atoms with E-state index in [0.29, 0.717) is 5.56 Å². The summed E-state index contributed by atoms with van der Waals surface area (Å²) in [6.45, 7) is 1.97. The fourth-order valence-electron chi connectivity index (χ4n) is 0.802. The third-order valence-corrected chi connectivity index (χ3v) is 1.64. The van der Waals surface area contributed by atoms with Crippen molar-refractivity contribution >= 4 is 26.2 Å². The first-order valence-electron chi connectivity index (χ1n) is 3.43. The standard InChI is InChI=1S/C9H7NOSe/c1-7-2-4-8(5-3-7)9(11)10-6-12/h2-5H,1H3. The molecular weight excluding hydrogens is 217 g/mol. The second-order valence-corrected chi connectivity index (χ2v) is 2.76. The normalized spacial score (nSPS) is 8.75. The van der Waals surface area contributed by atoms with Crippen molar-refractivity contribution in [3.05, 3.63) is 35.4 Å². The van der Waals surface area contributed by atoms with E-state index in [0.717, 1.165) is 5.56 Å². The van der Waals surface area contributed by atoms with Crippen LogP contribution in [0.15, 0.2) is 29.3 Å². The van der Waals surface area contributed by atoms with Crippen molar-refractivity contribution in [2.75, 3.05) is 0 Å². The predicted molar refractivity (Wildman–Crippen MR) is 48.7 cm³/mol. The van der Waals surface area contributed by atoms with Gasteiger partial charge in [0.05, 0.1) is 0 Å². The molecule has 0 aliphatic rings. The van der Waals surface area contributed by atoms with Gasteiger partial charge in [0.15, 0.2) is 0 Å². The molecule has 0 saturated carbocycles. The van der Waals surface area contributed by atoms with Gasteiger partial charge in [0.1, 0.15) is 0 Å². The van der Waals surface area contributed by atoms with E-state index in [1.807, 2.05) is 19.1 Å². The number of amides is 1. The summed E-state index contributed by atoms with van der Waals surface area (Å²) in [5, 5.41) is 0. The Morgan fingerprint density at radius 1 is 1.42 bits per heavy atom. The summed E-state index contributed by atoms with van der Waals surface area (Å²) >= 11 is 2.42. The van der Waals surface area contributed by atoms with Gasteiger partial charge in [-0.1, -0.05) is 0 Å². The molecule has 3 heteroatoms. The van der Waals surface area contributed by atoms with Crippen molar-refractivity contribution in [3.63, 3.8) is 0 Å². The Morgan fingerprint density at radius 3 is 2.50 bits per heavy atom. The zero-order valence-electron chi connectivity index (χ0n) is 6.57. The van der Waals surface area contributed by atoms with Crippen molar-refractivity contribution in [1.29, 1.82) is 0 Å². The van der Waals surface area contributed by atoms with Gasteiger partial charge in [0.25, 0.3) is 0 Å². The number of benzene rings is 1. The van der Waals surface area contributed by atoms with E-state index in [-0.39, 0.29) is 5.91 Å². The van der Waals surface area contributed by atoms with E-state index in [4.69, 9.17) is 0 Å². The molecule has 0 aliphatic heterocycles. The third-order valence-electron chi connectivity index (χ3n) is 1.45. The SMILES string of the molecule is Cc1ccc(C(=O)N=C=[Se])cc1. The van der Waals surface area contributed by atoms with Crippen molar-refractivity contribution in [2.24, 2.45) is 4.99 Å². The van der Waals surface area contributed by atoms with Gasteiger partial charge in [-0.15, -0.1) is 0 Å². The average Bonchev–Trinajstić information content (AvgIpc) is 2.06. The molecule has 0 spiro atoms. The van der Waals surface area contributed by atoms with E-state index < -0.39 is 0 Å². The van der Waals surface area contributed by atoms with Crippen LogP contribution in [0.2, 0.25) is 0 Å². The van der Waals surface area contributed by atoms with Crippen molar-refractivity contribution in [1.82, 2.24) is 0 Å². The van der Waals surface area contributed by atoms with Gasteiger partial charge in [0.2, 0.25) is 0 Å². The van der Waals surface area contributed by atoms with Crippen LogP contribution in [-0.2, 0) is 0 Å². The Hall–Kier alpha value is -1.01. The van der Waals surface area contributed by atoms with Crippen LogP contribution in [0.1, 0.15) is 15.9 Å². The first kappa shape index (κ1) is 9.08. The van der Waals surface area contributed by atoms with E-state index in [2.05, 4.69) is 25.3 Å². The molecule has 12 heavy (non-hydrogen) atoms. The Morgan fingerprint density at radius 2 is 2.00 bits per heavy atom. The van der Waals surface area contributed by atoms with Crippen LogP contribution in [0.25, 0.3) is 0 Å². The van der Waals surface area contributed by atoms with Crippen LogP contribution in [0.4, 0.5) is 0 Å². The first-order chi connectivity index (χ1) is 5.74. The number of hydrogen-bond donors (Lipinski definition) is 0. The predicted octanol–water partition coefficient (Wildman–Crippen LogP) is 1.21. The van der Waals surface area contributed by atoms with Crippen LogP contribution in [0, 0.1) is 6.92 Å². The Bertz CT molecular complexity index is 336. The molecule has 0 saturated heterocycles. The molecule has 60 valence electrons. The minimum atomic E-state index is -0.270. The number of carbonyl (C=O) groups is 1. The summed E-state index contributed by atoms with van der Waals surface area (Å²) < 4.78 is 2.33. The molecule has 0 radical (unpaired) electrons. The number of nitrogens with zero attached hydrogens (tertiary/aromatic N) is 1. The number of carbonyl (C=O) groups excluding carboxylic acids is 1. The summed E-state index contributed by atoms with van der Waals surface area (Å²) in [6.07, 6.45) is 0. The molecule has 1 aromatic rings. The van der Waals surface area contributed by atoms with Crippen molar-refractivity contribution in [3.8, 4) is 0 Å². The van der Waals surface area contributed by atoms with Crippen molar-refractivity contribution in [2.45, 2.75) is 6.92 Å². The van der Waals surface area contributed by atoms with Gasteiger partial charge in [-0.2, -0.15) is 0 Å². The molecule has 0 fully saturated rings. The fourth-order valence-corrected chi connectivity index (χ4v) is 0.976. The molecule has 1 aromatic carbocycles. The van der Waals surface area contributed by atoms with Crippen LogP contribution in [0.5, 0.6) is 0 Å². The third kappa shape index (κ3) is 2.24. The monoisotopic (exact) mass is 225 g/mol. The second kappa shape index (κ2) is 4.12. The number of aliphatic imine (C=N–C) groups is 1. The van der Waals surface area contributed by atoms with Gasteiger partial charge in [-0.3, -0.25) is 0 Å². The van der Waals surface area contributed by atoms with E-state index >= 15 is 0 Å². The van der Waals surface area contributed by atoms with Crippen molar-refractivity contribution < 1.29 is 4.79 Å². The number of aryl methyl sites for hydroxylation is 1. The van der Waals surface area contributed by atoms with Gasteiger partial charge in [-0.05, 0) is 0 Å². The number of hydrogen-bond acceptors (Lipinski definition) is 1. The van der Waals surface area contributed by atoms with Gasteiger partial charge in [0, 0.05) is 0 Å². The van der Waals surface area contributed by atoms with Gasteiger partial charge >= 0.3 is 78.3 Å². The number of rotatable bonds is 1. The molecule has 1 rings (SSSR count). The summed E-state index contributed by atoms with van der Waals surface area (Å²) in [7, 11) is 0. The molecule has 0 heterocycles. The van der Waals surface area contributed by atoms with Crippen LogP contribution >= 0.6 is 0 Å². The van der Waals surface area contributed by atoms with Crippen LogP contribution < -0.4 is 0 Å². The Balaban J connectivity index is 2.97. The minimum absolute atomic E-state index is 0.270.